The van der Waals surface area contributed by atoms with Gasteiger partial charge in [-0.2, -0.15) is 5.26 Å². The van der Waals surface area contributed by atoms with Crippen LogP contribution in [0.1, 0.15) is 23.7 Å². The lowest BCUT2D eigenvalue weighted by Gasteiger charge is -2.07. The molecule has 1 unspecified atom stereocenters. The summed E-state index contributed by atoms with van der Waals surface area (Å²) in [5.74, 6) is -3.47. The molecule has 2 nitrogen and oxygen atoms in total. The third-order valence-corrected chi connectivity index (χ3v) is 2.45. The number of rotatable bonds is 3. The zero-order valence-electron chi connectivity index (χ0n) is 8.43. The number of nitrogens with zero attached hydrogens (tertiary/aromatic N) is 1. The van der Waals surface area contributed by atoms with Gasteiger partial charge in [0.2, 0.25) is 0 Å². The van der Waals surface area contributed by atoms with Crippen molar-refractivity contribution in [1.82, 2.24) is 0 Å². The lowest BCUT2D eigenvalue weighted by molar-refractivity contribution is 0.0942. The molecule has 0 radical (unpaired) electrons. The molecule has 0 saturated carbocycles. The Morgan fingerprint density at radius 1 is 1.50 bits per heavy atom. The van der Waals surface area contributed by atoms with Crippen molar-refractivity contribution in [3.8, 4) is 6.07 Å². The maximum Gasteiger partial charge on any atom is 0.183 e. The fourth-order valence-corrected chi connectivity index (χ4v) is 1.38. The Morgan fingerprint density at radius 2 is 2.12 bits per heavy atom. The molecule has 0 heterocycles. The van der Waals surface area contributed by atoms with E-state index in [1.807, 2.05) is 0 Å². The number of benzene rings is 1. The van der Waals surface area contributed by atoms with Crippen molar-refractivity contribution in [2.45, 2.75) is 13.3 Å². The largest absolute Gasteiger partial charge is 0.293 e. The minimum Gasteiger partial charge on any atom is -0.293 e. The molecule has 5 heteroatoms. The van der Waals surface area contributed by atoms with E-state index in [-0.39, 0.29) is 11.4 Å². The van der Waals surface area contributed by atoms with Crippen molar-refractivity contribution >= 4 is 17.4 Å². The Kier molecular flexibility index (Phi) is 3.97. The van der Waals surface area contributed by atoms with Crippen LogP contribution in [0.4, 0.5) is 8.78 Å². The molecule has 0 aromatic heterocycles. The van der Waals surface area contributed by atoms with Crippen molar-refractivity contribution in [1.29, 1.82) is 5.26 Å². The Labute approximate surface area is 96.4 Å². The second kappa shape index (κ2) is 5.04. The summed E-state index contributed by atoms with van der Waals surface area (Å²) in [6.07, 6.45) is 0.249. The average Bonchev–Trinajstić information content (AvgIpc) is 2.25. The van der Waals surface area contributed by atoms with Crippen LogP contribution < -0.4 is 0 Å². The number of ketones is 1. The molecular formula is C11H8ClF2NO. The maximum atomic E-state index is 13.3. The minimum atomic E-state index is -0.963. The number of Topliss-reactive ketones (excluding diaryl/α,β-unsaturated/α-hetero) is 1. The van der Waals surface area contributed by atoms with E-state index in [2.05, 4.69) is 0 Å². The number of nitriles is 1. The van der Waals surface area contributed by atoms with Gasteiger partial charge in [0.15, 0.2) is 5.78 Å². The van der Waals surface area contributed by atoms with Gasteiger partial charge in [0.05, 0.1) is 16.7 Å². The smallest absolute Gasteiger partial charge is 0.183 e. The Morgan fingerprint density at radius 3 is 2.62 bits per heavy atom. The van der Waals surface area contributed by atoms with E-state index in [9.17, 15) is 13.6 Å². The molecule has 0 N–H and O–H groups in total. The van der Waals surface area contributed by atoms with E-state index in [1.54, 1.807) is 13.0 Å². The summed E-state index contributed by atoms with van der Waals surface area (Å²) < 4.78 is 26.4. The number of hydrogen-bond donors (Lipinski definition) is 0. The van der Waals surface area contributed by atoms with Gasteiger partial charge in [-0.1, -0.05) is 18.5 Å². The topological polar surface area (TPSA) is 40.9 Å². The third-order valence-electron chi connectivity index (χ3n) is 2.16. The van der Waals surface area contributed by atoms with E-state index in [0.717, 1.165) is 12.1 Å². The van der Waals surface area contributed by atoms with Gasteiger partial charge in [-0.3, -0.25) is 4.79 Å². The molecule has 0 aliphatic rings. The highest BCUT2D eigenvalue weighted by Crippen LogP contribution is 2.22. The lowest BCUT2D eigenvalue weighted by Crippen LogP contribution is -2.14. The van der Waals surface area contributed by atoms with Crippen LogP contribution in [-0.4, -0.2) is 5.78 Å². The molecule has 84 valence electrons. The van der Waals surface area contributed by atoms with Gasteiger partial charge < -0.3 is 0 Å². The maximum absolute atomic E-state index is 13.3. The predicted molar refractivity (Wildman–Crippen MR) is 55.1 cm³/mol. The fourth-order valence-electron chi connectivity index (χ4n) is 1.23. The second-order valence-electron chi connectivity index (χ2n) is 3.20. The summed E-state index contributed by atoms with van der Waals surface area (Å²) in [4.78, 5) is 11.6. The monoisotopic (exact) mass is 243 g/mol. The van der Waals surface area contributed by atoms with Gasteiger partial charge in [-0.15, -0.1) is 0 Å². The third kappa shape index (κ3) is 2.37. The number of carbonyl (C=O) groups is 1. The Balaban J connectivity index is 3.20. The molecule has 0 spiro atoms. The van der Waals surface area contributed by atoms with Crippen LogP contribution in [0.2, 0.25) is 5.02 Å². The van der Waals surface area contributed by atoms with E-state index < -0.39 is 28.9 Å². The van der Waals surface area contributed by atoms with Crippen LogP contribution in [0.25, 0.3) is 0 Å². The average molecular weight is 244 g/mol. The first-order valence-electron chi connectivity index (χ1n) is 4.59. The summed E-state index contributed by atoms with van der Waals surface area (Å²) in [6, 6.07) is 3.19. The summed E-state index contributed by atoms with van der Waals surface area (Å²) in [5, 5.41) is 8.27. The van der Waals surface area contributed by atoms with Crippen LogP contribution in [0.3, 0.4) is 0 Å². The number of halogens is 3. The molecular weight excluding hydrogens is 236 g/mol. The molecule has 0 aliphatic heterocycles. The second-order valence-corrected chi connectivity index (χ2v) is 3.61. The molecule has 1 aromatic carbocycles. The molecule has 1 atom stereocenters. The fraction of sp³-hybridized carbons (Fsp3) is 0.273. The van der Waals surface area contributed by atoms with E-state index in [1.165, 1.54) is 0 Å². The first kappa shape index (κ1) is 12.6. The van der Waals surface area contributed by atoms with Gasteiger partial charge in [-0.25, -0.2) is 8.78 Å². The van der Waals surface area contributed by atoms with Crippen LogP contribution in [-0.2, 0) is 0 Å². The number of hydrogen-bond acceptors (Lipinski definition) is 2. The van der Waals surface area contributed by atoms with Crippen LogP contribution in [0, 0.1) is 28.9 Å². The van der Waals surface area contributed by atoms with Crippen LogP contribution >= 0.6 is 11.6 Å². The van der Waals surface area contributed by atoms with Crippen molar-refractivity contribution in [2.24, 2.45) is 5.92 Å². The molecule has 16 heavy (non-hydrogen) atoms. The number of carbonyl (C=O) groups excluding carboxylic acids is 1. The normalized spacial score (nSPS) is 11.9. The first-order valence-corrected chi connectivity index (χ1v) is 4.97. The molecule has 0 amide bonds. The summed E-state index contributed by atoms with van der Waals surface area (Å²) in [7, 11) is 0. The zero-order valence-corrected chi connectivity index (χ0v) is 9.18. The van der Waals surface area contributed by atoms with Gasteiger partial charge in [0.25, 0.3) is 0 Å². The molecule has 1 aromatic rings. The van der Waals surface area contributed by atoms with Crippen molar-refractivity contribution in [2.75, 3.05) is 0 Å². The van der Waals surface area contributed by atoms with E-state index >= 15 is 0 Å². The molecule has 0 saturated heterocycles. The van der Waals surface area contributed by atoms with E-state index in [4.69, 9.17) is 16.9 Å². The van der Waals surface area contributed by atoms with Gasteiger partial charge in [-0.05, 0) is 18.6 Å². The first-order chi connectivity index (χ1) is 7.51. The highest BCUT2D eigenvalue weighted by molar-refractivity contribution is 6.30. The van der Waals surface area contributed by atoms with Crippen molar-refractivity contribution < 1.29 is 13.6 Å². The van der Waals surface area contributed by atoms with Crippen LogP contribution in [0.5, 0.6) is 0 Å². The Bertz CT molecular complexity index is 468. The molecule has 0 fully saturated rings. The predicted octanol–water partition coefficient (Wildman–Crippen LogP) is 3.35. The van der Waals surface area contributed by atoms with Crippen molar-refractivity contribution in [3.63, 3.8) is 0 Å². The lowest BCUT2D eigenvalue weighted by atomic mass is 9.96. The molecule has 1 rings (SSSR count). The minimum absolute atomic E-state index is 0.249. The van der Waals surface area contributed by atoms with Crippen molar-refractivity contribution in [3.05, 3.63) is 34.4 Å². The molecule has 0 bridgehead atoms. The SMILES string of the molecule is CCC(C#N)C(=O)c1cc(F)c(Cl)cc1F. The quantitative estimate of drug-likeness (QED) is 0.603. The standard InChI is InChI=1S/C11H8ClF2NO/c1-2-6(5-15)11(16)7-3-10(14)8(12)4-9(7)13/h3-4,6H,2H2,1H3. The van der Waals surface area contributed by atoms with Gasteiger partial charge in [0, 0.05) is 0 Å². The van der Waals surface area contributed by atoms with Gasteiger partial charge >= 0.3 is 0 Å². The van der Waals surface area contributed by atoms with E-state index in [0.29, 0.717) is 0 Å². The highest BCUT2D eigenvalue weighted by atomic mass is 35.5. The summed E-state index contributed by atoms with van der Waals surface area (Å²) in [5.41, 5.74) is -0.435. The zero-order chi connectivity index (χ0) is 12.3. The summed E-state index contributed by atoms with van der Waals surface area (Å²) in [6.45, 7) is 1.62. The summed E-state index contributed by atoms with van der Waals surface area (Å²) >= 11 is 5.35. The highest BCUT2D eigenvalue weighted by Gasteiger charge is 2.22. The molecule has 0 aliphatic carbocycles. The van der Waals surface area contributed by atoms with Crippen LogP contribution in [0.15, 0.2) is 12.1 Å². The van der Waals surface area contributed by atoms with Gasteiger partial charge in [0.1, 0.15) is 17.6 Å². The Hall–Kier alpha value is -1.47.